The molecular formula is C5H11FSi. The topological polar surface area (TPSA) is 0 Å². The molecule has 0 saturated carbocycles. The molecule has 0 aromatic heterocycles. The van der Waals surface area contributed by atoms with Gasteiger partial charge in [0.2, 0.25) is 0 Å². The largest absolute Gasteiger partial charge is 0.251 e. The molecular weight excluding hydrogens is 107 g/mol. The molecule has 0 aliphatic carbocycles. The Bertz CT molecular complexity index is 27.3. The first-order chi connectivity index (χ1) is 3.41. The predicted molar refractivity (Wildman–Crippen MR) is 31.6 cm³/mol. The number of rotatable bonds is 4. The van der Waals surface area contributed by atoms with Crippen molar-refractivity contribution in [1.82, 2.24) is 0 Å². The van der Waals surface area contributed by atoms with Gasteiger partial charge in [0.15, 0.2) is 0 Å². The third-order valence-corrected chi connectivity index (χ3v) is 1.94. The van der Waals surface area contributed by atoms with Crippen molar-refractivity contribution in [3.05, 3.63) is 0 Å². The number of alkyl halides is 1. The summed E-state index contributed by atoms with van der Waals surface area (Å²) in [5, 5.41) is 0. The summed E-state index contributed by atoms with van der Waals surface area (Å²) in [6, 6.07) is 2.31. The standard InChI is InChI=1S/C5H11FSi/c1-2-7-5-3-4-6/h2-5H2,1H3. The van der Waals surface area contributed by atoms with Gasteiger partial charge in [-0.05, 0) is 6.42 Å². The van der Waals surface area contributed by atoms with Gasteiger partial charge in [-0.15, -0.1) is 0 Å². The van der Waals surface area contributed by atoms with E-state index in [-0.39, 0.29) is 6.67 Å². The van der Waals surface area contributed by atoms with Crippen LogP contribution in [0.3, 0.4) is 0 Å². The third-order valence-electron chi connectivity index (χ3n) is 0.737. The zero-order valence-corrected chi connectivity index (χ0v) is 5.71. The molecule has 0 bridgehead atoms. The monoisotopic (exact) mass is 118 g/mol. The smallest absolute Gasteiger partial charge is 0.0891 e. The van der Waals surface area contributed by atoms with E-state index >= 15 is 0 Å². The SMILES string of the molecule is CC[Si]CCCF. The minimum absolute atomic E-state index is 0.132. The van der Waals surface area contributed by atoms with Crippen LogP contribution in [0.15, 0.2) is 0 Å². The molecule has 0 aromatic rings. The molecule has 2 radical (unpaired) electrons. The van der Waals surface area contributed by atoms with E-state index in [2.05, 4.69) is 6.92 Å². The van der Waals surface area contributed by atoms with E-state index in [9.17, 15) is 4.39 Å². The molecule has 2 heteroatoms. The third kappa shape index (κ3) is 6.15. The van der Waals surface area contributed by atoms with Crippen molar-refractivity contribution >= 4 is 9.52 Å². The zero-order valence-electron chi connectivity index (χ0n) is 4.71. The van der Waals surface area contributed by atoms with E-state index in [1.165, 1.54) is 6.04 Å². The maximum Gasteiger partial charge on any atom is 0.0891 e. The molecule has 0 aliphatic rings. The van der Waals surface area contributed by atoms with Gasteiger partial charge in [-0.2, -0.15) is 0 Å². The van der Waals surface area contributed by atoms with Crippen LogP contribution in [0.2, 0.25) is 12.1 Å². The first-order valence-electron chi connectivity index (χ1n) is 2.68. The molecule has 0 atom stereocenters. The summed E-state index contributed by atoms with van der Waals surface area (Å²) < 4.78 is 11.3. The van der Waals surface area contributed by atoms with Crippen molar-refractivity contribution in [1.29, 1.82) is 0 Å². The van der Waals surface area contributed by atoms with Crippen LogP contribution in [0.25, 0.3) is 0 Å². The molecule has 0 aromatic carbocycles. The molecule has 0 heterocycles. The fourth-order valence-corrected chi connectivity index (χ4v) is 1.11. The Morgan fingerprint density at radius 3 is 2.71 bits per heavy atom. The average Bonchev–Trinajstić information content (AvgIpc) is 1.69. The predicted octanol–water partition coefficient (Wildman–Crippen LogP) is 1.91. The van der Waals surface area contributed by atoms with Crippen LogP contribution in [-0.4, -0.2) is 16.2 Å². The number of halogens is 1. The van der Waals surface area contributed by atoms with Gasteiger partial charge in [0, 0.05) is 9.52 Å². The molecule has 0 amide bonds. The highest BCUT2D eigenvalue weighted by atomic mass is 28.2. The lowest BCUT2D eigenvalue weighted by Crippen LogP contribution is -1.85. The van der Waals surface area contributed by atoms with Gasteiger partial charge in [0.25, 0.3) is 0 Å². The summed E-state index contributed by atoms with van der Waals surface area (Å²) in [6.45, 7) is 2.00. The van der Waals surface area contributed by atoms with E-state index in [0.29, 0.717) is 0 Å². The van der Waals surface area contributed by atoms with Crippen LogP contribution < -0.4 is 0 Å². The molecule has 7 heavy (non-hydrogen) atoms. The normalized spacial score (nSPS) is 9.43. The second kappa shape index (κ2) is 6.15. The van der Waals surface area contributed by atoms with Crippen LogP contribution in [-0.2, 0) is 0 Å². The number of hydrogen-bond acceptors (Lipinski definition) is 0. The summed E-state index contributed by atoms with van der Waals surface area (Å²) in [7, 11) is 0.982. The highest BCUT2D eigenvalue weighted by Gasteiger charge is 1.83. The summed E-state index contributed by atoms with van der Waals surface area (Å²) in [5.41, 5.74) is 0. The number of hydrogen-bond donors (Lipinski definition) is 0. The Balaban J connectivity index is 2.45. The quantitative estimate of drug-likeness (QED) is 0.391. The van der Waals surface area contributed by atoms with Crippen LogP contribution in [0.4, 0.5) is 4.39 Å². The molecule has 42 valence electrons. The Morgan fingerprint density at radius 1 is 1.57 bits per heavy atom. The van der Waals surface area contributed by atoms with E-state index in [1.54, 1.807) is 0 Å². The second-order valence-electron chi connectivity index (χ2n) is 1.40. The molecule has 0 nitrogen and oxygen atoms in total. The summed E-state index contributed by atoms with van der Waals surface area (Å²) in [5.74, 6) is 0. The van der Waals surface area contributed by atoms with Crippen LogP contribution in [0.5, 0.6) is 0 Å². The Kier molecular flexibility index (Phi) is 6.28. The lowest BCUT2D eigenvalue weighted by molar-refractivity contribution is 0.486. The Morgan fingerprint density at radius 2 is 2.29 bits per heavy atom. The highest BCUT2D eigenvalue weighted by molar-refractivity contribution is 6.35. The summed E-state index contributed by atoms with van der Waals surface area (Å²) in [4.78, 5) is 0. The van der Waals surface area contributed by atoms with E-state index < -0.39 is 0 Å². The molecule has 0 unspecified atom stereocenters. The highest BCUT2D eigenvalue weighted by Crippen LogP contribution is 1.90. The summed E-state index contributed by atoms with van der Waals surface area (Å²) >= 11 is 0. The van der Waals surface area contributed by atoms with Crippen molar-refractivity contribution in [2.24, 2.45) is 0 Å². The lowest BCUT2D eigenvalue weighted by Gasteiger charge is -1.87. The maximum atomic E-state index is 11.3. The Labute approximate surface area is 46.9 Å². The van der Waals surface area contributed by atoms with Crippen molar-refractivity contribution in [2.45, 2.75) is 25.4 Å². The molecule has 0 aliphatic heterocycles. The maximum absolute atomic E-state index is 11.3. The fraction of sp³-hybridized carbons (Fsp3) is 1.00. The van der Waals surface area contributed by atoms with Gasteiger partial charge in [-0.1, -0.05) is 19.0 Å². The molecule has 0 N–H and O–H groups in total. The molecule has 0 saturated heterocycles. The van der Waals surface area contributed by atoms with Crippen molar-refractivity contribution < 1.29 is 4.39 Å². The van der Waals surface area contributed by atoms with Crippen LogP contribution in [0, 0.1) is 0 Å². The van der Waals surface area contributed by atoms with Crippen molar-refractivity contribution in [2.75, 3.05) is 6.67 Å². The molecule has 0 fully saturated rings. The fourth-order valence-electron chi connectivity index (χ4n) is 0.369. The van der Waals surface area contributed by atoms with Gasteiger partial charge in [-0.3, -0.25) is 4.39 Å². The molecule has 0 spiro atoms. The van der Waals surface area contributed by atoms with E-state index in [1.807, 2.05) is 0 Å². The van der Waals surface area contributed by atoms with Crippen LogP contribution in [0.1, 0.15) is 13.3 Å². The van der Waals surface area contributed by atoms with Gasteiger partial charge < -0.3 is 0 Å². The van der Waals surface area contributed by atoms with Gasteiger partial charge in [-0.25, -0.2) is 0 Å². The van der Waals surface area contributed by atoms with E-state index in [4.69, 9.17) is 0 Å². The van der Waals surface area contributed by atoms with Crippen molar-refractivity contribution in [3.8, 4) is 0 Å². The average molecular weight is 118 g/mol. The lowest BCUT2D eigenvalue weighted by atomic mass is 10.6. The van der Waals surface area contributed by atoms with Crippen LogP contribution >= 0.6 is 0 Å². The minimum atomic E-state index is -0.132. The van der Waals surface area contributed by atoms with Crippen molar-refractivity contribution in [3.63, 3.8) is 0 Å². The van der Waals surface area contributed by atoms with Gasteiger partial charge >= 0.3 is 0 Å². The first kappa shape index (κ1) is 7.15. The Hall–Kier alpha value is 0.147. The van der Waals surface area contributed by atoms with Gasteiger partial charge in [0.05, 0.1) is 6.67 Å². The van der Waals surface area contributed by atoms with Gasteiger partial charge in [0.1, 0.15) is 0 Å². The molecule has 0 rings (SSSR count). The van der Waals surface area contributed by atoms with E-state index in [0.717, 1.165) is 22.0 Å². The second-order valence-corrected chi connectivity index (χ2v) is 3.10. The summed E-state index contributed by atoms with van der Waals surface area (Å²) in [6.07, 6.45) is 0.770. The zero-order chi connectivity index (χ0) is 5.54. The minimum Gasteiger partial charge on any atom is -0.251 e. The first-order valence-corrected chi connectivity index (χ1v) is 4.10.